The smallest absolute Gasteiger partial charge is 0.306 e. The first kappa shape index (κ1) is 15.6. The maximum absolute atomic E-state index is 12.0. The van der Waals surface area contributed by atoms with E-state index in [2.05, 4.69) is 19.9 Å². The van der Waals surface area contributed by atoms with Crippen LogP contribution in [0, 0.1) is 0 Å². The van der Waals surface area contributed by atoms with Gasteiger partial charge >= 0.3 is 7.60 Å². The molecule has 0 saturated carbocycles. The van der Waals surface area contributed by atoms with E-state index >= 15 is 0 Å². The van der Waals surface area contributed by atoms with Crippen LogP contribution in [0.2, 0.25) is 0 Å². The van der Waals surface area contributed by atoms with Crippen LogP contribution in [0.5, 0.6) is 0 Å². The van der Waals surface area contributed by atoms with E-state index in [0.717, 1.165) is 12.8 Å². The summed E-state index contributed by atoms with van der Waals surface area (Å²) in [6, 6.07) is 0. The molecule has 0 atom stereocenters. The van der Waals surface area contributed by atoms with Crippen molar-refractivity contribution in [2.75, 3.05) is 13.2 Å². The van der Waals surface area contributed by atoms with E-state index in [0.29, 0.717) is 13.2 Å². The van der Waals surface area contributed by atoms with E-state index < -0.39 is 7.60 Å². The Morgan fingerprint density at radius 2 is 1.69 bits per heavy atom. The molecule has 3 nitrogen and oxygen atoms in total. The highest BCUT2D eigenvalue weighted by Gasteiger charge is 2.18. The second-order valence-electron chi connectivity index (χ2n) is 3.62. The Morgan fingerprint density at radius 3 is 2.12 bits per heavy atom. The van der Waals surface area contributed by atoms with Gasteiger partial charge in [-0.3, -0.25) is 4.57 Å². The van der Waals surface area contributed by atoms with Crippen molar-refractivity contribution in [3.8, 4) is 0 Å². The van der Waals surface area contributed by atoms with Crippen molar-refractivity contribution in [1.29, 1.82) is 0 Å². The molecule has 0 saturated heterocycles. The standard InChI is InChI=1S/C12H23O3P/c1-5-14-16(13,15-6-2)11-9-7-8-10-12(3)4/h9-11H,5-8H2,1-4H3/b11-9+. The fourth-order valence-corrected chi connectivity index (χ4v) is 2.53. The van der Waals surface area contributed by atoms with Crippen LogP contribution in [-0.2, 0) is 13.6 Å². The molecule has 0 unspecified atom stereocenters. The van der Waals surface area contributed by atoms with Gasteiger partial charge in [0.15, 0.2) is 0 Å². The van der Waals surface area contributed by atoms with Crippen LogP contribution in [0.25, 0.3) is 0 Å². The molecule has 0 aliphatic carbocycles. The Morgan fingerprint density at radius 1 is 1.12 bits per heavy atom. The van der Waals surface area contributed by atoms with E-state index in [4.69, 9.17) is 9.05 Å². The molecule has 0 aromatic rings. The van der Waals surface area contributed by atoms with Crippen molar-refractivity contribution in [3.05, 3.63) is 23.5 Å². The molecule has 0 aromatic carbocycles. The Bertz CT molecular complexity index is 268. The van der Waals surface area contributed by atoms with E-state index in [1.54, 1.807) is 5.82 Å². The number of hydrogen-bond donors (Lipinski definition) is 0. The molecular weight excluding hydrogens is 223 g/mol. The third-order valence-corrected chi connectivity index (χ3v) is 3.60. The van der Waals surface area contributed by atoms with E-state index in [1.807, 2.05) is 19.9 Å². The summed E-state index contributed by atoms with van der Waals surface area (Å²) in [6.07, 6.45) is 5.83. The number of unbranched alkanes of at least 4 members (excludes halogenated alkanes) is 1. The van der Waals surface area contributed by atoms with E-state index in [1.165, 1.54) is 5.57 Å². The van der Waals surface area contributed by atoms with Crippen molar-refractivity contribution in [2.45, 2.75) is 40.5 Å². The van der Waals surface area contributed by atoms with Gasteiger partial charge in [-0.1, -0.05) is 17.7 Å². The van der Waals surface area contributed by atoms with Gasteiger partial charge in [-0.2, -0.15) is 0 Å². The minimum absolute atomic E-state index is 0.398. The van der Waals surface area contributed by atoms with Crippen LogP contribution in [0.3, 0.4) is 0 Å². The van der Waals surface area contributed by atoms with Gasteiger partial charge in [0.2, 0.25) is 0 Å². The quantitative estimate of drug-likeness (QED) is 0.359. The molecule has 0 aliphatic rings. The third-order valence-electron chi connectivity index (χ3n) is 1.79. The average molecular weight is 246 g/mol. The lowest BCUT2D eigenvalue weighted by Gasteiger charge is -2.12. The Labute approximate surface area is 99.1 Å². The average Bonchev–Trinajstić information content (AvgIpc) is 2.17. The van der Waals surface area contributed by atoms with Crippen LogP contribution in [0.4, 0.5) is 0 Å². The largest absolute Gasteiger partial charge is 0.353 e. The summed E-state index contributed by atoms with van der Waals surface area (Å²) in [5, 5.41) is 0. The van der Waals surface area contributed by atoms with Gasteiger partial charge in [0.05, 0.1) is 13.2 Å². The van der Waals surface area contributed by atoms with Crippen molar-refractivity contribution in [2.24, 2.45) is 0 Å². The molecule has 0 radical (unpaired) electrons. The summed E-state index contributed by atoms with van der Waals surface area (Å²) >= 11 is 0. The van der Waals surface area contributed by atoms with E-state index in [9.17, 15) is 4.57 Å². The monoisotopic (exact) mass is 246 g/mol. The molecule has 0 N–H and O–H groups in total. The van der Waals surface area contributed by atoms with Gasteiger partial charge in [-0.05, 0) is 40.5 Å². The van der Waals surface area contributed by atoms with Crippen LogP contribution in [-0.4, -0.2) is 13.2 Å². The zero-order chi connectivity index (χ0) is 12.4. The summed E-state index contributed by atoms with van der Waals surface area (Å²) < 4.78 is 22.2. The molecule has 0 heterocycles. The van der Waals surface area contributed by atoms with Gasteiger partial charge in [0.25, 0.3) is 0 Å². The molecule has 0 aliphatic heterocycles. The highest BCUT2D eigenvalue weighted by atomic mass is 31.2. The molecule has 0 fully saturated rings. The SMILES string of the molecule is CCOP(=O)(/C=C/CCC=C(C)C)OCC. The molecule has 16 heavy (non-hydrogen) atoms. The number of rotatable bonds is 8. The molecule has 0 aromatic heterocycles. The fraction of sp³-hybridized carbons (Fsp3) is 0.667. The second kappa shape index (κ2) is 8.74. The zero-order valence-electron chi connectivity index (χ0n) is 10.7. The fourth-order valence-electron chi connectivity index (χ4n) is 1.16. The number of hydrogen-bond acceptors (Lipinski definition) is 3. The van der Waals surface area contributed by atoms with Crippen molar-refractivity contribution < 1.29 is 13.6 Å². The summed E-state index contributed by atoms with van der Waals surface area (Å²) in [6.45, 7) is 8.54. The van der Waals surface area contributed by atoms with Gasteiger partial charge in [-0.15, -0.1) is 0 Å². The highest BCUT2D eigenvalue weighted by Crippen LogP contribution is 2.49. The summed E-state index contributed by atoms with van der Waals surface area (Å²) in [7, 11) is -2.98. The van der Waals surface area contributed by atoms with Gasteiger partial charge in [0, 0.05) is 5.82 Å². The molecule has 0 bridgehead atoms. The van der Waals surface area contributed by atoms with Crippen LogP contribution < -0.4 is 0 Å². The maximum Gasteiger partial charge on any atom is 0.353 e. The molecule has 0 spiro atoms. The highest BCUT2D eigenvalue weighted by molar-refractivity contribution is 7.57. The first-order valence-electron chi connectivity index (χ1n) is 5.74. The van der Waals surface area contributed by atoms with Crippen LogP contribution in [0.1, 0.15) is 40.5 Å². The van der Waals surface area contributed by atoms with Gasteiger partial charge < -0.3 is 9.05 Å². The molecular formula is C12H23O3P. The Balaban J connectivity index is 4.13. The Hall–Kier alpha value is -0.370. The van der Waals surface area contributed by atoms with E-state index in [-0.39, 0.29) is 0 Å². The first-order valence-corrected chi connectivity index (χ1v) is 7.35. The normalized spacial score (nSPS) is 12.0. The van der Waals surface area contributed by atoms with Crippen molar-refractivity contribution in [1.82, 2.24) is 0 Å². The van der Waals surface area contributed by atoms with Gasteiger partial charge in [-0.25, -0.2) is 0 Å². The topological polar surface area (TPSA) is 35.5 Å². The van der Waals surface area contributed by atoms with Crippen molar-refractivity contribution >= 4 is 7.60 Å². The zero-order valence-corrected chi connectivity index (χ0v) is 11.6. The minimum Gasteiger partial charge on any atom is -0.306 e. The Kier molecular flexibility index (Phi) is 8.54. The first-order chi connectivity index (χ1) is 7.54. The summed E-state index contributed by atoms with van der Waals surface area (Å²) in [5.74, 6) is 1.57. The lowest BCUT2D eigenvalue weighted by atomic mass is 10.2. The number of allylic oxidation sites excluding steroid dienone is 3. The lowest BCUT2D eigenvalue weighted by Crippen LogP contribution is -1.92. The molecule has 0 amide bonds. The predicted octanol–water partition coefficient (Wildman–Crippen LogP) is 4.51. The lowest BCUT2D eigenvalue weighted by molar-refractivity contribution is 0.229. The minimum atomic E-state index is -2.98. The molecule has 4 heteroatoms. The second-order valence-corrected chi connectivity index (χ2v) is 5.51. The van der Waals surface area contributed by atoms with Crippen LogP contribution in [0.15, 0.2) is 23.5 Å². The third kappa shape index (κ3) is 7.86. The summed E-state index contributed by atoms with van der Waals surface area (Å²) in [4.78, 5) is 0. The maximum atomic E-state index is 12.0. The van der Waals surface area contributed by atoms with Crippen molar-refractivity contribution in [3.63, 3.8) is 0 Å². The van der Waals surface area contributed by atoms with Gasteiger partial charge in [0.1, 0.15) is 0 Å². The summed E-state index contributed by atoms with van der Waals surface area (Å²) in [5.41, 5.74) is 1.30. The molecule has 0 rings (SSSR count). The predicted molar refractivity (Wildman–Crippen MR) is 68.7 cm³/mol. The molecule has 94 valence electrons. The van der Waals surface area contributed by atoms with Crippen LogP contribution >= 0.6 is 7.60 Å².